The van der Waals surface area contributed by atoms with E-state index in [1.54, 1.807) is 12.1 Å². The third-order valence-electron chi connectivity index (χ3n) is 6.18. The van der Waals surface area contributed by atoms with Crippen LogP contribution in [0.25, 0.3) is 11.5 Å². The minimum atomic E-state index is -0.413. The van der Waals surface area contributed by atoms with Gasteiger partial charge in [0.15, 0.2) is 6.04 Å². The Kier molecular flexibility index (Phi) is 4.72. The first-order valence-corrected chi connectivity index (χ1v) is 9.54. The molecule has 26 heavy (non-hydrogen) atoms. The fourth-order valence-electron chi connectivity index (χ4n) is 4.56. The lowest BCUT2D eigenvalue weighted by molar-refractivity contribution is -0.940. The Morgan fingerprint density at radius 1 is 1.15 bits per heavy atom. The Bertz CT molecular complexity index is 773. The smallest absolute Gasteiger partial charge is 0.274 e. The van der Waals surface area contributed by atoms with Gasteiger partial charge in [0.1, 0.15) is 0 Å². The SMILES string of the molecule is C[C@H](c1nnc(-c2ccc([N+](=O)[O-])cc2)o1)[NH+]1CC[C@@H]2CCCC[C@@H]2C1. The molecule has 2 fully saturated rings. The third kappa shape index (κ3) is 3.35. The number of nitro benzene ring substituents is 1. The Hall–Kier alpha value is -2.28. The highest BCUT2D eigenvalue weighted by Crippen LogP contribution is 2.33. The van der Waals surface area contributed by atoms with Gasteiger partial charge >= 0.3 is 0 Å². The molecule has 1 aromatic heterocycles. The second-order valence-corrected chi connectivity index (χ2v) is 7.68. The molecule has 0 spiro atoms. The van der Waals surface area contributed by atoms with E-state index < -0.39 is 4.92 Å². The topological polar surface area (TPSA) is 86.5 Å². The molecule has 2 aliphatic rings. The molecule has 138 valence electrons. The van der Waals surface area contributed by atoms with Crippen LogP contribution in [0.1, 0.15) is 51.0 Å². The van der Waals surface area contributed by atoms with Crippen LogP contribution in [0.2, 0.25) is 0 Å². The van der Waals surface area contributed by atoms with Gasteiger partial charge in [-0.05, 0) is 44.2 Å². The van der Waals surface area contributed by atoms with Crippen molar-refractivity contribution in [2.45, 2.75) is 45.1 Å². The summed E-state index contributed by atoms with van der Waals surface area (Å²) in [5, 5.41) is 19.2. The average Bonchev–Trinajstić information content (AvgIpc) is 3.17. The van der Waals surface area contributed by atoms with Crippen molar-refractivity contribution in [3.8, 4) is 11.5 Å². The van der Waals surface area contributed by atoms with E-state index >= 15 is 0 Å². The zero-order chi connectivity index (χ0) is 18.1. The number of nitro groups is 1. The van der Waals surface area contributed by atoms with Gasteiger partial charge in [0.2, 0.25) is 5.89 Å². The summed E-state index contributed by atoms with van der Waals surface area (Å²) in [7, 11) is 0. The minimum Gasteiger partial charge on any atom is -0.415 e. The lowest BCUT2D eigenvalue weighted by Crippen LogP contribution is -3.14. The Morgan fingerprint density at radius 3 is 2.62 bits per heavy atom. The van der Waals surface area contributed by atoms with Crippen LogP contribution in [0.4, 0.5) is 5.69 Å². The van der Waals surface area contributed by atoms with Gasteiger partial charge in [-0.2, -0.15) is 0 Å². The minimum absolute atomic E-state index is 0.0571. The lowest BCUT2D eigenvalue weighted by atomic mass is 9.75. The van der Waals surface area contributed by atoms with Crippen LogP contribution in [-0.4, -0.2) is 28.2 Å². The molecule has 1 saturated carbocycles. The number of nitrogens with zero attached hydrogens (tertiary/aromatic N) is 3. The molecule has 7 heteroatoms. The molecule has 2 aromatic rings. The quantitative estimate of drug-likeness (QED) is 0.672. The van der Waals surface area contributed by atoms with Gasteiger partial charge in [0, 0.05) is 23.6 Å². The second kappa shape index (κ2) is 7.15. The molecule has 1 N–H and O–H groups in total. The van der Waals surface area contributed by atoms with E-state index in [-0.39, 0.29) is 11.7 Å². The molecule has 0 radical (unpaired) electrons. The summed E-state index contributed by atoms with van der Waals surface area (Å²) >= 11 is 0. The van der Waals surface area contributed by atoms with E-state index in [0.717, 1.165) is 18.4 Å². The standard InChI is InChI=1S/C19H24N4O3/c1-13(22-11-10-14-4-2-3-5-16(14)12-22)18-20-21-19(26-18)15-6-8-17(9-7-15)23(24)25/h6-9,13-14,16H,2-5,10-12H2,1H3/p+1/t13-,14+,16-/m1/s1. The monoisotopic (exact) mass is 357 g/mol. The molecule has 0 bridgehead atoms. The number of nitrogens with one attached hydrogen (secondary N) is 1. The van der Waals surface area contributed by atoms with Gasteiger partial charge in [-0.15, -0.1) is 10.2 Å². The first kappa shape index (κ1) is 17.1. The zero-order valence-electron chi connectivity index (χ0n) is 15.1. The number of piperidine rings is 1. The maximum Gasteiger partial charge on any atom is 0.274 e. The van der Waals surface area contributed by atoms with Gasteiger partial charge in [0.05, 0.1) is 18.0 Å². The molecule has 0 amide bonds. The van der Waals surface area contributed by atoms with Crippen molar-refractivity contribution < 1.29 is 14.2 Å². The summed E-state index contributed by atoms with van der Waals surface area (Å²) in [5.74, 6) is 2.83. The van der Waals surface area contributed by atoms with Crippen LogP contribution in [0.3, 0.4) is 0 Å². The summed E-state index contributed by atoms with van der Waals surface area (Å²) in [6.07, 6.45) is 6.83. The summed E-state index contributed by atoms with van der Waals surface area (Å²) in [5.41, 5.74) is 0.768. The van der Waals surface area contributed by atoms with Gasteiger partial charge in [0.25, 0.3) is 11.6 Å². The van der Waals surface area contributed by atoms with Crippen LogP contribution in [0.15, 0.2) is 28.7 Å². The second-order valence-electron chi connectivity index (χ2n) is 7.68. The lowest BCUT2D eigenvalue weighted by Gasteiger charge is -2.40. The first-order valence-electron chi connectivity index (χ1n) is 9.54. The van der Waals surface area contributed by atoms with Crippen LogP contribution in [0.5, 0.6) is 0 Å². The molecule has 4 atom stereocenters. The molecule has 4 rings (SSSR count). The van der Waals surface area contributed by atoms with Gasteiger partial charge < -0.3 is 9.32 Å². The van der Waals surface area contributed by atoms with Crippen molar-refractivity contribution >= 4 is 5.69 Å². The van der Waals surface area contributed by atoms with E-state index in [1.165, 1.54) is 55.7 Å². The van der Waals surface area contributed by atoms with E-state index in [2.05, 4.69) is 17.1 Å². The number of rotatable bonds is 4. The normalized spacial score (nSPS) is 26.9. The van der Waals surface area contributed by atoms with Crippen molar-refractivity contribution in [2.75, 3.05) is 13.1 Å². The summed E-state index contributed by atoms with van der Waals surface area (Å²) < 4.78 is 5.91. The molecular weight excluding hydrogens is 332 g/mol. The largest absolute Gasteiger partial charge is 0.415 e. The van der Waals surface area contributed by atoms with Crippen molar-refractivity contribution in [1.82, 2.24) is 10.2 Å². The van der Waals surface area contributed by atoms with Crippen LogP contribution < -0.4 is 4.90 Å². The highest BCUT2D eigenvalue weighted by atomic mass is 16.6. The zero-order valence-corrected chi connectivity index (χ0v) is 15.1. The molecular formula is C19H25N4O3+. The highest BCUT2D eigenvalue weighted by molar-refractivity contribution is 5.55. The van der Waals surface area contributed by atoms with E-state index in [9.17, 15) is 10.1 Å². The maximum atomic E-state index is 10.8. The Balaban J connectivity index is 1.46. The number of hydrogen-bond acceptors (Lipinski definition) is 5. The average molecular weight is 357 g/mol. The summed E-state index contributed by atoms with van der Waals surface area (Å²) in [6, 6.07) is 6.40. The molecule has 2 heterocycles. The number of hydrogen-bond donors (Lipinski definition) is 1. The number of likely N-dealkylation sites (tertiary alicyclic amines) is 1. The number of quaternary nitrogens is 1. The van der Waals surface area contributed by atoms with Crippen LogP contribution in [-0.2, 0) is 0 Å². The Labute approximate surface area is 152 Å². The van der Waals surface area contributed by atoms with Crippen molar-refractivity contribution in [1.29, 1.82) is 0 Å². The van der Waals surface area contributed by atoms with Crippen LogP contribution in [0, 0.1) is 22.0 Å². The molecule has 1 saturated heterocycles. The number of aromatic nitrogens is 2. The molecule has 1 aromatic carbocycles. The highest BCUT2D eigenvalue weighted by Gasteiger charge is 2.37. The summed E-state index contributed by atoms with van der Waals surface area (Å²) in [4.78, 5) is 11.9. The maximum absolute atomic E-state index is 10.8. The fourth-order valence-corrected chi connectivity index (χ4v) is 4.56. The fraction of sp³-hybridized carbons (Fsp3) is 0.579. The number of benzene rings is 1. The van der Waals surface area contributed by atoms with Crippen molar-refractivity contribution in [2.24, 2.45) is 11.8 Å². The third-order valence-corrected chi connectivity index (χ3v) is 6.18. The molecule has 1 aliphatic heterocycles. The molecule has 1 unspecified atom stereocenters. The van der Waals surface area contributed by atoms with E-state index in [1.807, 2.05) is 0 Å². The summed E-state index contributed by atoms with van der Waals surface area (Å²) in [6.45, 7) is 4.52. The van der Waals surface area contributed by atoms with Crippen LogP contribution >= 0.6 is 0 Å². The predicted octanol–water partition coefficient (Wildman–Crippen LogP) is 2.80. The molecule has 7 nitrogen and oxygen atoms in total. The molecule has 1 aliphatic carbocycles. The van der Waals surface area contributed by atoms with Gasteiger partial charge in [-0.1, -0.05) is 12.8 Å². The predicted molar refractivity (Wildman–Crippen MR) is 95.6 cm³/mol. The van der Waals surface area contributed by atoms with E-state index in [4.69, 9.17) is 4.42 Å². The number of non-ortho nitro benzene ring substituents is 1. The van der Waals surface area contributed by atoms with Crippen molar-refractivity contribution in [3.63, 3.8) is 0 Å². The van der Waals surface area contributed by atoms with Gasteiger partial charge in [-0.3, -0.25) is 10.1 Å². The Morgan fingerprint density at radius 2 is 1.88 bits per heavy atom. The van der Waals surface area contributed by atoms with E-state index in [0.29, 0.717) is 17.3 Å². The van der Waals surface area contributed by atoms with Gasteiger partial charge in [-0.25, -0.2) is 0 Å². The van der Waals surface area contributed by atoms with Crippen molar-refractivity contribution in [3.05, 3.63) is 40.3 Å². The number of fused-ring (bicyclic) bond motifs is 1. The first-order chi connectivity index (χ1) is 12.6.